The topological polar surface area (TPSA) is 134 Å². The average molecular weight is 561 g/mol. The van der Waals surface area contributed by atoms with Crippen LogP contribution >= 0.6 is 11.8 Å². The molecule has 3 rings (SSSR count). The number of thioether (sulfide) groups is 1. The largest absolute Gasteiger partial charge is 0.497 e. The summed E-state index contributed by atoms with van der Waals surface area (Å²) in [6.45, 7) is 2.55. The molecule has 1 amide bonds. The van der Waals surface area contributed by atoms with Gasteiger partial charge in [0.05, 0.1) is 18.0 Å². The van der Waals surface area contributed by atoms with Gasteiger partial charge in [-0.2, -0.15) is 0 Å². The number of anilines is 1. The van der Waals surface area contributed by atoms with Gasteiger partial charge in [0.25, 0.3) is 5.91 Å². The number of para-hydroxylation sites is 1. The number of hydrogen-bond donors (Lipinski definition) is 2. The number of esters is 1. The van der Waals surface area contributed by atoms with Crippen LogP contribution < -0.4 is 9.64 Å². The molecule has 39 heavy (non-hydrogen) atoms. The molecule has 1 aliphatic heterocycles. The molecule has 1 heterocycles. The van der Waals surface area contributed by atoms with Gasteiger partial charge in [-0.15, -0.1) is 11.8 Å². The molecule has 2 aromatic carbocycles. The molecule has 0 bridgehead atoms. The highest BCUT2D eigenvalue weighted by Gasteiger charge is 2.40. The maximum Gasteiger partial charge on any atom is 0.303 e. The number of ether oxygens (including phenoxy) is 2. The first-order chi connectivity index (χ1) is 18.5. The van der Waals surface area contributed by atoms with E-state index in [2.05, 4.69) is 0 Å². The molecule has 0 aromatic heterocycles. The van der Waals surface area contributed by atoms with Crippen LogP contribution in [-0.2, 0) is 23.9 Å². The number of fused-ring (bicyclic) bond motifs is 1. The summed E-state index contributed by atoms with van der Waals surface area (Å²) in [4.78, 5) is 50.0. The minimum Gasteiger partial charge on any atom is -0.497 e. The van der Waals surface area contributed by atoms with Crippen LogP contribution in [0.3, 0.4) is 0 Å². The quantitative estimate of drug-likeness (QED) is 0.306. The van der Waals surface area contributed by atoms with E-state index in [1.54, 1.807) is 23.8 Å². The maximum atomic E-state index is 13.6. The molecule has 2 aromatic rings. The number of methoxy groups -OCH3 is 1. The third-order valence-corrected chi connectivity index (χ3v) is 7.11. The molecular formula is C28H36N2O8S. The van der Waals surface area contributed by atoms with Crippen LogP contribution in [0.2, 0.25) is 0 Å². The second kappa shape index (κ2) is 15.7. The van der Waals surface area contributed by atoms with Crippen LogP contribution in [0.5, 0.6) is 5.75 Å². The summed E-state index contributed by atoms with van der Waals surface area (Å²) in [5.74, 6) is -1.69. The zero-order chi connectivity index (χ0) is 28.9. The number of carboxylic acids is 2. The van der Waals surface area contributed by atoms with E-state index in [1.807, 2.05) is 67.5 Å². The summed E-state index contributed by atoms with van der Waals surface area (Å²) in [5, 5.41) is 15.9. The molecule has 1 aliphatic rings. The molecule has 2 N–H and O–H groups in total. The van der Waals surface area contributed by atoms with Gasteiger partial charge in [0.2, 0.25) is 0 Å². The average Bonchev–Trinajstić information content (AvgIpc) is 3.00. The zero-order valence-corrected chi connectivity index (χ0v) is 23.5. The Kier molecular flexibility index (Phi) is 12.8. The number of unbranched alkanes of at least 4 members (excludes halogenated alkanes) is 1. The monoisotopic (exact) mass is 560 g/mol. The SMILES string of the molecule is COc1ccc([C@@H]2Sc3ccccc3N(CCN(C)C)C(=O)[C@@H]2OC(C)=O)cc1.O=C(O)CCCCC(=O)O. The predicted molar refractivity (Wildman–Crippen MR) is 148 cm³/mol. The normalized spacial score (nSPS) is 16.4. The predicted octanol–water partition coefficient (Wildman–Crippen LogP) is 4.08. The molecule has 0 spiro atoms. The van der Waals surface area contributed by atoms with E-state index in [9.17, 15) is 19.2 Å². The first kappa shape index (κ1) is 31.6. The molecule has 0 saturated carbocycles. The van der Waals surface area contributed by atoms with Crippen molar-refractivity contribution < 1.29 is 38.9 Å². The Hall–Kier alpha value is -3.57. The van der Waals surface area contributed by atoms with Crippen molar-refractivity contribution in [2.45, 2.75) is 48.9 Å². The van der Waals surface area contributed by atoms with Gasteiger partial charge < -0.3 is 29.5 Å². The number of benzene rings is 2. The van der Waals surface area contributed by atoms with Gasteiger partial charge in [-0.05, 0) is 56.8 Å². The summed E-state index contributed by atoms with van der Waals surface area (Å²) < 4.78 is 10.8. The van der Waals surface area contributed by atoms with E-state index < -0.39 is 24.0 Å². The highest BCUT2D eigenvalue weighted by atomic mass is 32.2. The van der Waals surface area contributed by atoms with Crippen LogP contribution in [0.4, 0.5) is 5.69 Å². The van der Waals surface area contributed by atoms with E-state index in [-0.39, 0.29) is 24.0 Å². The summed E-state index contributed by atoms with van der Waals surface area (Å²) in [6.07, 6.45) is 0.101. The lowest BCUT2D eigenvalue weighted by atomic mass is 10.1. The minimum absolute atomic E-state index is 0.0628. The number of rotatable bonds is 11. The Morgan fingerprint density at radius 2 is 1.56 bits per heavy atom. The first-order valence-electron chi connectivity index (χ1n) is 12.5. The molecular weight excluding hydrogens is 524 g/mol. The molecule has 0 unspecified atom stereocenters. The highest BCUT2D eigenvalue weighted by molar-refractivity contribution is 7.99. The van der Waals surface area contributed by atoms with Crippen molar-refractivity contribution in [2.75, 3.05) is 39.2 Å². The molecule has 0 aliphatic carbocycles. The van der Waals surface area contributed by atoms with Crippen molar-refractivity contribution in [3.05, 3.63) is 54.1 Å². The molecule has 0 fully saturated rings. The fourth-order valence-corrected chi connectivity index (χ4v) is 5.11. The van der Waals surface area contributed by atoms with Crippen molar-refractivity contribution in [1.29, 1.82) is 0 Å². The van der Waals surface area contributed by atoms with E-state index in [1.165, 1.54) is 6.92 Å². The highest BCUT2D eigenvalue weighted by Crippen LogP contribution is 2.46. The van der Waals surface area contributed by atoms with Gasteiger partial charge in [-0.3, -0.25) is 19.2 Å². The molecule has 11 heteroatoms. The van der Waals surface area contributed by atoms with Gasteiger partial charge in [0.1, 0.15) is 5.75 Å². The number of amides is 1. The smallest absolute Gasteiger partial charge is 0.303 e. The van der Waals surface area contributed by atoms with E-state index in [0.717, 1.165) is 21.9 Å². The molecule has 0 radical (unpaired) electrons. The summed E-state index contributed by atoms with van der Waals surface area (Å²) >= 11 is 1.54. The lowest BCUT2D eigenvalue weighted by molar-refractivity contribution is -0.152. The van der Waals surface area contributed by atoms with Crippen LogP contribution in [-0.4, -0.2) is 79.3 Å². The number of carboxylic acid groups (broad SMARTS) is 2. The second-order valence-electron chi connectivity index (χ2n) is 9.10. The first-order valence-corrected chi connectivity index (χ1v) is 13.4. The molecule has 2 atom stereocenters. The van der Waals surface area contributed by atoms with Crippen LogP contribution in [0.1, 0.15) is 43.4 Å². The zero-order valence-electron chi connectivity index (χ0n) is 22.7. The lowest BCUT2D eigenvalue weighted by Gasteiger charge is -2.28. The summed E-state index contributed by atoms with van der Waals surface area (Å²) in [5.41, 5.74) is 1.75. The van der Waals surface area contributed by atoms with Gasteiger partial charge in [0, 0.05) is 37.8 Å². The van der Waals surface area contributed by atoms with Crippen molar-refractivity contribution in [1.82, 2.24) is 4.90 Å². The Balaban J connectivity index is 0.000000455. The van der Waals surface area contributed by atoms with Crippen molar-refractivity contribution in [3.63, 3.8) is 0 Å². The molecule has 10 nitrogen and oxygen atoms in total. The second-order valence-corrected chi connectivity index (χ2v) is 10.3. The Morgan fingerprint density at radius 3 is 2.08 bits per heavy atom. The third-order valence-electron chi connectivity index (χ3n) is 5.73. The van der Waals surface area contributed by atoms with Crippen LogP contribution in [0.25, 0.3) is 0 Å². The summed E-state index contributed by atoms with van der Waals surface area (Å²) in [7, 11) is 5.54. The number of aliphatic carboxylic acids is 2. The van der Waals surface area contributed by atoms with E-state index >= 15 is 0 Å². The van der Waals surface area contributed by atoms with Gasteiger partial charge in [0.15, 0.2) is 6.10 Å². The standard InChI is InChI=1S/C22H26N2O4S.C6H10O4/c1-15(25)28-20-21(16-9-11-17(27-4)12-10-16)29-19-8-6-5-7-18(19)24(22(20)26)14-13-23(2)3;7-5(8)3-1-2-4-6(9)10/h5-12,20-21H,13-14H2,1-4H3;1-4H2,(H,7,8)(H,9,10)/t20-,21+;/m1./s1. The van der Waals surface area contributed by atoms with E-state index in [0.29, 0.717) is 25.9 Å². The molecule has 212 valence electrons. The van der Waals surface area contributed by atoms with E-state index in [4.69, 9.17) is 19.7 Å². The maximum absolute atomic E-state index is 13.6. The summed E-state index contributed by atoms with van der Waals surface area (Å²) in [6, 6.07) is 15.4. The van der Waals surface area contributed by atoms with Crippen LogP contribution in [0, 0.1) is 0 Å². The number of likely N-dealkylation sites (N-methyl/N-ethyl adjacent to an activating group) is 1. The number of carbonyl (C=O) groups is 4. The number of hydrogen-bond acceptors (Lipinski definition) is 8. The van der Waals surface area contributed by atoms with Gasteiger partial charge in [-0.25, -0.2) is 0 Å². The number of carbonyl (C=O) groups excluding carboxylic acids is 2. The molecule has 0 saturated heterocycles. The lowest BCUT2D eigenvalue weighted by Crippen LogP contribution is -2.45. The fraction of sp³-hybridized carbons (Fsp3) is 0.429. The van der Waals surface area contributed by atoms with Crippen LogP contribution in [0.15, 0.2) is 53.4 Å². The third kappa shape index (κ3) is 10.3. The fourth-order valence-electron chi connectivity index (χ4n) is 3.79. The van der Waals surface area contributed by atoms with Crippen molar-refractivity contribution in [2.24, 2.45) is 0 Å². The van der Waals surface area contributed by atoms with Crippen molar-refractivity contribution in [3.8, 4) is 5.75 Å². The minimum atomic E-state index is -0.916. The van der Waals surface area contributed by atoms with Gasteiger partial charge >= 0.3 is 17.9 Å². The number of nitrogens with zero attached hydrogens (tertiary/aromatic N) is 2. The Morgan fingerprint density at radius 1 is 0.974 bits per heavy atom. The van der Waals surface area contributed by atoms with Gasteiger partial charge in [-0.1, -0.05) is 24.3 Å². The Labute approximate surface area is 232 Å². The Bertz CT molecular complexity index is 1110. The van der Waals surface area contributed by atoms with Crippen molar-refractivity contribution >= 4 is 41.3 Å².